The van der Waals surface area contributed by atoms with Gasteiger partial charge in [0.25, 0.3) is 0 Å². The zero-order valence-electron chi connectivity index (χ0n) is 11.6. The summed E-state index contributed by atoms with van der Waals surface area (Å²) in [6, 6.07) is 5.63. The molecule has 0 aliphatic rings. The molecule has 0 heterocycles. The van der Waals surface area contributed by atoms with E-state index in [0.717, 1.165) is 22.2 Å². The van der Waals surface area contributed by atoms with Crippen LogP contribution in [0.3, 0.4) is 0 Å². The molecule has 3 N–H and O–H groups in total. The lowest BCUT2D eigenvalue weighted by atomic mass is 10.1. The quantitative estimate of drug-likeness (QED) is 0.843. The van der Waals surface area contributed by atoms with Gasteiger partial charge in [-0.1, -0.05) is 13.0 Å². The Balaban J connectivity index is 2.65. The Morgan fingerprint density at radius 2 is 2.21 bits per heavy atom. The second kappa shape index (κ2) is 7.50. The predicted octanol–water partition coefficient (Wildman–Crippen LogP) is 2.76. The lowest BCUT2D eigenvalue weighted by Crippen LogP contribution is -2.32. The Hall–Kier alpha value is -1.07. The molecule has 19 heavy (non-hydrogen) atoms. The summed E-state index contributed by atoms with van der Waals surface area (Å²) < 4.78 is 6.05. The first-order valence-corrected chi connectivity index (χ1v) is 7.15. The summed E-state index contributed by atoms with van der Waals surface area (Å²) in [4.78, 5) is 11.8. The molecule has 2 atom stereocenters. The first-order valence-electron chi connectivity index (χ1n) is 6.36. The van der Waals surface area contributed by atoms with E-state index < -0.39 is 0 Å². The van der Waals surface area contributed by atoms with E-state index in [1.54, 1.807) is 7.11 Å². The highest BCUT2D eigenvalue weighted by Crippen LogP contribution is 2.27. The third-order valence-corrected chi connectivity index (χ3v) is 3.65. The van der Waals surface area contributed by atoms with Gasteiger partial charge in [0, 0.05) is 12.5 Å². The van der Waals surface area contributed by atoms with Crippen molar-refractivity contribution in [1.29, 1.82) is 0 Å². The Kier molecular flexibility index (Phi) is 6.31. The summed E-state index contributed by atoms with van der Waals surface area (Å²) in [7, 11) is 1.62. The van der Waals surface area contributed by atoms with Crippen LogP contribution in [0.2, 0.25) is 0 Å². The highest BCUT2D eigenvalue weighted by Gasteiger charge is 2.13. The average molecular weight is 329 g/mol. The van der Waals surface area contributed by atoms with Crippen LogP contribution in [0.4, 0.5) is 0 Å². The first-order chi connectivity index (χ1) is 8.97. The number of carbonyl (C=O) groups is 1. The largest absolute Gasteiger partial charge is 0.496 e. The van der Waals surface area contributed by atoms with E-state index in [0.29, 0.717) is 6.42 Å². The van der Waals surface area contributed by atoms with Crippen molar-refractivity contribution in [1.82, 2.24) is 5.32 Å². The van der Waals surface area contributed by atoms with Gasteiger partial charge in [-0.2, -0.15) is 0 Å². The summed E-state index contributed by atoms with van der Waals surface area (Å²) in [5, 5.41) is 2.95. The van der Waals surface area contributed by atoms with Gasteiger partial charge in [-0.3, -0.25) is 4.79 Å². The van der Waals surface area contributed by atoms with E-state index in [2.05, 4.69) is 21.2 Å². The molecule has 1 aromatic carbocycles. The van der Waals surface area contributed by atoms with Gasteiger partial charge in [-0.05, 0) is 47.0 Å². The maximum Gasteiger partial charge on any atom is 0.222 e. The average Bonchev–Trinajstić information content (AvgIpc) is 2.38. The number of benzene rings is 1. The Bertz CT molecular complexity index is 437. The van der Waals surface area contributed by atoms with Crippen molar-refractivity contribution >= 4 is 21.8 Å². The summed E-state index contributed by atoms with van der Waals surface area (Å²) in [6.45, 7) is 3.92. The van der Waals surface area contributed by atoms with E-state index in [1.807, 2.05) is 32.0 Å². The van der Waals surface area contributed by atoms with Crippen LogP contribution in [0.5, 0.6) is 5.75 Å². The molecule has 0 saturated heterocycles. The third-order valence-electron chi connectivity index (χ3n) is 3.03. The lowest BCUT2D eigenvalue weighted by Gasteiger charge is -2.17. The van der Waals surface area contributed by atoms with Gasteiger partial charge in [0.05, 0.1) is 17.6 Å². The van der Waals surface area contributed by atoms with Gasteiger partial charge >= 0.3 is 0 Å². The molecular weight excluding hydrogens is 308 g/mol. The molecular formula is C14H21BrN2O2. The van der Waals surface area contributed by atoms with Crippen LogP contribution in [-0.2, 0) is 4.79 Å². The molecule has 106 valence electrons. The number of amides is 1. The van der Waals surface area contributed by atoms with Crippen molar-refractivity contribution in [2.45, 2.75) is 38.8 Å². The lowest BCUT2D eigenvalue weighted by molar-refractivity contribution is -0.122. The van der Waals surface area contributed by atoms with Gasteiger partial charge in [0.15, 0.2) is 0 Å². The fraction of sp³-hybridized carbons (Fsp3) is 0.500. The number of rotatable bonds is 6. The van der Waals surface area contributed by atoms with Gasteiger partial charge in [-0.15, -0.1) is 0 Å². The van der Waals surface area contributed by atoms with Gasteiger partial charge < -0.3 is 15.8 Å². The van der Waals surface area contributed by atoms with E-state index in [-0.39, 0.29) is 18.0 Å². The Morgan fingerprint density at radius 1 is 1.53 bits per heavy atom. The molecule has 0 radical (unpaired) electrons. The third kappa shape index (κ3) is 4.84. The Morgan fingerprint density at radius 3 is 2.74 bits per heavy atom. The number of hydrogen-bond donors (Lipinski definition) is 2. The molecule has 1 rings (SSSR count). The molecule has 0 bridgehead atoms. The van der Waals surface area contributed by atoms with Crippen LogP contribution >= 0.6 is 15.9 Å². The molecule has 0 aliphatic heterocycles. The summed E-state index contributed by atoms with van der Waals surface area (Å²) in [5.41, 5.74) is 6.78. The maximum absolute atomic E-state index is 11.8. The number of ether oxygens (including phenoxy) is 1. The molecule has 0 aliphatic carbocycles. The zero-order chi connectivity index (χ0) is 14.4. The molecule has 0 fully saturated rings. The van der Waals surface area contributed by atoms with Crippen LogP contribution in [0.25, 0.3) is 0 Å². The molecule has 5 heteroatoms. The zero-order valence-corrected chi connectivity index (χ0v) is 13.2. The summed E-state index contributed by atoms with van der Waals surface area (Å²) in [5.74, 6) is 0.754. The molecule has 0 aromatic heterocycles. The first kappa shape index (κ1) is 16.0. The smallest absolute Gasteiger partial charge is 0.222 e. The highest BCUT2D eigenvalue weighted by atomic mass is 79.9. The van der Waals surface area contributed by atoms with E-state index in [1.165, 1.54) is 0 Å². The van der Waals surface area contributed by atoms with Crippen molar-refractivity contribution in [2.24, 2.45) is 5.73 Å². The highest BCUT2D eigenvalue weighted by molar-refractivity contribution is 9.10. The monoisotopic (exact) mass is 328 g/mol. The fourth-order valence-corrected chi connectivity index (χ4v) is 2.28. The molecule has 2 unspecified atom stereocenters. The van der Waals surface area contributed by atoms with E-state index in [9.17, 15) is 4.79 Å². The van der Waals surface area contributed by atoms with Crippen molar-refractivity contribution in [3.63, 3.8) is 0 Å². The second-order valence-electron chi connectivity index (χ2n) is 4.56. The van der Waals surface area contributed by atoms with Crippen LogP contribution < -0.4 is 15.8 Å². The van der Waals surface area contributed by atoms with Crippen LogP contribution in [0.15, 0.2) is 22.7 Å². The predicted molar refractivity (Wildman–Crippen MR) is 80.1 cm³/mol. The maximum atomic E-state index is 11.8. The van der Waals surface area contributed by atoms with Crippen LogP contribution in [0.1, 0.15) is 38.3 Å². The van der Waals surface area contributed by atoms with E-state index >= 15 is 0 Å². The second-order valence-corrected chi connectivity index (χ2v) is 5.41. The minimum Gasteiger partial charge on any atom is -0.496 e. The van der Waals surface area contributed by atoms with Crippen molar-refractivity contribution in [2.75, 3.05) is 7.11 Å². The number of carbonyl (C=O) groups excluding carboxylic acids is 1. The van der Waals surface area contributed by atoms with Gasteiger partial charge in [0.1, 0.15) is 5.75 Å². The van der Waals surface area contributed by atoms with Crippen molar-refractivity contribution in [3.8, 4) is 5.75 Å². The standard InChI is InChI=1S/C14H21BrN2O2/c1-4-11(16)8-14(18)17-9(2)10-5-6-13(19-3)12(15)7-10/h5-7,9,11H,4,8,16H2,1-3H3,(H,17,18). The fourth-order valence-electron chi connectivity index (χ4n) is 1.72. The van der Waals surface area contributed by atoms with Gasteiger partial charge in [0.2, 0.25) is 5.91 Å². The summed E-state index contributed by atoms with van der Waals surface area (Å²) in [6.07, 6.45) is 1.16. The molecule has 1 aromatic rings. The molecule has 1 amide bonds. The normalized spacial score (nSPS) is 13.7. The Labute approximate surface area is 122 Å². The molecule has 0 saturated carbocycles. The summed E-state index contributed by atoms with van der Waals surface area (Å²) >= 11 is 3.44. The minimum atomic E-state index is -0.0743. The topological polar surface area (TPSA) is 64.4 Å². The number of hydrogen-bond acceptors (Lipinski definition) is 3. The van der Waals surface area contributed by atoms with Crippen molar-refractivity contribution in [3.05, 3.63) is 28.2 Å². The number of methoxy groups -OCH3 is 1. The van der Waals surface area contributed by atoms with E-state index in [4.69, 9.17) is 10.5 Å². The molecule has 4 nitrogen and oxygen atoms in total. The van der Waals surface area contributed by atoms with Crippen LogP contribution in [-0.4, -0.2) is 19.1 Å². The van der Waals surface area contributed by atoms with Gasteiger partial charge in [-0.25, -0.2) is 0 Å². The number of nitrogens with one attached hydrogen (secondary N) is 1. The molecule has 0 spiro atoms. The van der Waals surface area contributed by atoms with Crippen LogP contribution in [0, 0.1) is 0 Å². The number of nitrogens with two attached hydrogens (primary N) is 1. The SMILES string of the molecule is CCC(N)CC(=O)NC(C)c1ccc(OC)c(Br)c1. The van der Waals surface area contributed by atoms with Crippen molar-refractivity contribution < 1.29 is 9.53 Å². The number of halogens is 1. The minimum absolute atomic E-state index is 0.0196.